The molecule has 1 aromatic carbocycles. The number of nitrogens with one attached hydrogen (secondary N) is 1. The molecule has 0 aliphatic carbocycles. The molecule has 13 heavy (non-hydrogen) atoms. The predicted molar refractivity (Wildman–Crippen MR) is 43.9 cm³/mol. The summed E-state index contributed by atoms with van der Waals surface area (Å²) < 4.78 is 4.84. The van der Waals surface area contributed by atoms with Gasteiger partial charge in [-0.2, -0.15) is 0 Å². The van der Waals surface area contributed by atoms with Crippen LogP contribution in [0.3, 0.4) is 0 Å². The van der Waals surface area contributed by atoms with Gasteiger partial charge in [0.2, 0.25) is 0 Å². The number of phenols is 1. The van der Waals surface area contributed by atoms with E-state index in [0.717, 1.165) is 0 Å². The molecule has 0 radical (unpaired) electrons. The SMILES string of the molecule is COc1ccc(O)cc1C(=O)NO. The van der Waals surface area contributed by atoms with Crippen molar-refractivity contribution in [3.05, 3.63) is 23.8 Å². The van der Waals surface area contributed by atoms with Crippen molar-refractivity contribution in [1.29, 1.82) is 0 Å². The highest BCUT2D eigenvalue weighted by molar-refractivity contribution is 5.96. The Kier molecular flexibility index (Phi) is 2.71. The van der Waals surface area contributed by atoms with E-state index in [4.69, 9.17) is 15.1 Å². The molecular weight excluding hydrogens is 174 g/mol. The van der Waals surface area contributed by atoms with E-state index < -0.39 is 5.91 Å². The van der Waals surface area contributed by atoms with Gasteiger partial charge in [-0.05, 0) is 18.2 Å². The monoisotopic (exact) mass is 183 g/mol. The smallest absolute Gasteiger partial charge is 0.278 e. The van der Waals surface area contributed by atoms with Crippen LogP contribution in [0.25, 0.3) is 0 Å². The van der Waals surface area contributed by atoms with Crippen LogP contribution in [0.1, 0.15) is 10.4 Å². The zero-order valence-corrected chi connectivity index (χ0v) is 6.94. The van der Waals surface area contributed by atoms with Gasteiger partial charge in [0.15, 0.2) is 0 Å². The minimum absolute atomic E-state index is 0.0700. The van der Waals surface area contributed by atoms with Gasteiger partial charge in [-0.1, -0.05) is 0 Å². The third-order valence-corrected chi connectivity index (χ3v) is 1.53. The number of carbonyl (C=O) groups is 1. The van der Waals surface area contributed by atoms with E-state index in [1.54, 1.807) is 0 Å². The number of methoxy groups -OCH3 is 1. The summed E-state index contributed by atoms with van der Waals surface area (Å²) >= 11 is 0. The van der Waals surface area contributed by atoms with Crippen LogP contribution in [0, 0.1) is 0 Å². The highest BCUT2D eigenvalue weighted by atomic mass is 16.5. The van der Waals surface area contributed by atoms with Gasteiger partial charge >= 0.3 is 0 Å². The molecule has 0 fully saturated rings. The molecule has 0 atom stereocenters. The molecule has 5 heteroatoms. The highest BCUT2D eigenvalue weighted by Crippen LogP contribution is 2.22. The molecule has 1 rings (SSSR count). The molecule has 0 spiro atoms. The van der Waals surface area contributed by atoms with Gasteiger partial charge in [0.05, 0.1) is 12.7 Å². The Balaban J connectivity index is 3.15. The number of hydroxylamine groups is 1. The average molecular weight is 183 g/mol. The Hall–Kier alpha value is -1.75. The predicted octanol–water partition coefficient (Wildman–Crippen LogP) is 0.520. The first-order valence-electron chi connectivity index (χ1n) is 3.50. The van der Waals surface area contributed by atoms with Crippen LogP contribution in [0.2, 0.25) is 0 Å². The minimum Gasteiger partial charge on any atom is -0.508 e. The summed E-state index contributed by atoms with van der Waals surface area (Å²) in [5.41, 5.74) is 1.53. The molecule has 1 aromatic rings. The molecule has 70 valence electrons. The molecule has 0 aliphatic heterocycles. The van der Waals surface area contributed by atoms with E-state index in [-0.39, 0.29) is 17.1 Å². The van der Waals surface area contributed by atoms with Crippen LogP contribution in [0.4, 0.5) is 0 Å². The lowest BCUT2D eigenvalue weighted by atomic mass is 10.2. The Morgan fingerprint density at radius 2 is 2.23 bits per heavy atom. The second kappa shape index (κ2) is 3.77. The summed E-state index contributed by atoms with van der Waals surface area (Å²) in [5, 5.41) is 17.4. The maximum Gasteiger partial charge on any atom is 0.278 e. The number of phenolic OH excluding ortho intramolecular Hbond substituents is 1. The fourth-order valence-electron chi connectivity index (χ4n) is 0.934. The van der Waals surface area contributed by atoms with Crippen molar-refractivity contribution in [3.63, 3.8) is 0 Å². The van der Waals surface area contributed by atoms with Crippen molar-refractivity contribution < 1.29 is 19.8 Å². The Labute approximate surface area is 74.5 Å². The highest BCUT2D eigenvalue weighted by Gasteiger charge is 2.11. The van der Waals surface area contributed by atoms with Gasteiger partial charge in [-0.15, -0.1) is 0 Å². The lowest BCUT2D eigenvalue weighted by Gasteiger charge is -2.06. The zero-order chi connectivity index (χ0) is 9.84. The molecule has 0 heterocycles. The maximum atomic E-state index is 11.0. The Morgan fingerprint density at radius 1 is 1.54 bits per heavy atom. The zero-order valence-electron chi connectivity index (χ0n) is 6.94. The number of amides is 1. The van der Waals surface area contributed by atoms with Gasteiger partial charge in [0.1, 0.15) is 11.5 Å². The van der Waals surface area contributed by atoms with Gasteiger partial charge in [-0.3, -0.25) is 10.0 Å². The number of carbonyl (C=O) groups excluding carboxylic acids is 1. The van der Waals surface area contributed by atoms with Gasteiger partial charge in [0.25, 0.3) is 5.91 Å². The van der Waals surface area contributed by atoms with Crippen molar-refractivity contribution in [2.24, 2.45) is 0 Å². The number of aromatic hydroxyl groups is 1. The van der Waals surface area contributed by atoms with E-state index in [1.165, 1.54) is 30.8 Å². The lowest BCUT2D eigenvalue weighted by Crippen LogP contribution is -2.19. The lowest BCUT2D eigenvalue weighted by molar-refractivity contribution is 0.0702. The number of hydrogen-bond acceptors (Lipinski definition) is 4. The third kappa shape index (κ3) is 1.88. The second-order valence-corrected chi connectivity index (χ2v) is 2.33. The maximum absolute atomic E-state index is 11.0. The standard InChI is InChI=1S/C8H9NO4/c1-13-7-3-2-5(10)4-6(7)8(11)9-12/h2-4,10,12H,1H3,(H,9,11). The average Bonchev–Trinajstić information content (AvgIpc) is 2.16. The molecule has 5 nitrogen and oxygen atoms in total. The van der Waals surface area contributed by atoms with Crippen molar-refractivity contribution in [2.45, 2.75) is 0 Å². The number of benzene rings is 1. The fourth-order valence-corrected chi connectivity index (χ4v) is 0.934. The topological polar surface area (TPSA) is 78.8 Å². The summed E-state index contributed by atoms with van der Waals surface area (Å²) in [4.78, 5) is 11.0. The summed E-state index contributed by atoms with van der Waals surface area (Å²) in [6.07, 6.45) is 0. The second-order valence-electron chi connectivity index (χ2n) is 2.33. The van der Waals surface area contributed by atoms with Crippen LogP contribution in [0.5, 0.6) is 11.5 Å². The molecular formula is C8H9NO4. The normalized spacial score (nSPS) is 9.38. The number of hydrogen-bond donors (Lipinski definition) is 3. The van der Waals surface area contributed by atoms with E-state index in [1.807, 2.05) is 0 Å². The summed E-state index contributed by atoms with van der Waals surface area (Å²) in [6.45, 7) is 0. The fraction of sp³-hybridized carbons (Fsp3) is 0.125. The first-order chi connectivity index (χ1) is 6.19. The Bertz CT molecular complexity index is 324. The summed E-state index contributed by atoms with van der Waals surface area (Å²) in [5.74, 6) is -0.517. The number of ether oxygens (including phenoxy) is 1. The first-order valence-corrected chi connectivity index (χ1v) is 3.50. The quantitative estimate of drug-likeness (QED) is 0.461. The van der Waals surface area contributed by atoms with Crippen LogP contribution in [-0.4, -0.2) is 23.3 Å². The van der Waals surface area contributed by atoms with Crippen molar-refractivity contribution in [3.8, 4) is 11.5 Å². The molecule has 0 unspecified atom stereocenters. The minimum atomic E-state index is -0.729. The summed E-state index contributed by atoms with van der Waals surface area (Å²) in [7, 11) is 1.39. The molecule has 0 aromatic heterocycles. The molecule has 0 saturated heterocycles. The van der Waals surface area contributed by atoms with Crippen LogP contribution in [0.15, 0.2) is 18.2 Å². The Morgan fingerprint density at radius 3 is 2.77 bits per heavy atom. The van der Waals surface area contributed by atoms with Crippen molar-refractivity contribution in [1.82, 2.24) is 5.48 Å². The molecule has 3 N–H and O–H groups in total. The van der Waals surface area contributed by atoms with Gasteiger partial charge in [0, 0.05) is 0 Å². The first kappa shape index (κ1) is 9.34. The van der Waals surface area contributed by atoms with E-state index in [0.29, 0.717) is 0 Å². The van der Waals surface area contributed by atoms with Gasteiger partial charge < -0.3 is 9.84 Å². The molecule has 0 saturated carbocycles. The van der Waals surface area contributed by atoms with Crippen LogP contribution >= 0.6 is 0 Å². The van der Waals surface area contributed by atoms with E-state index in [2.05, 4.69) is 0 Å². The van der Waals surface area contributed by atoms with Crippen molar-refractivity contribution in [2.75, 3.05) is 7.11 Å². The molecule has 1 amide bonds. The van der Waals surface area contributed by atoms with E-state index >= 15 is 0 Å². The largest absolute Gasteiger partial charge is 0.508 e. The molecule has 0 aliphatic rings. The molecule has 0 bridgehead atoms. The van der Waals surface area contributed by atoms with Gasteiger partial charge in [-0.25, -0.2) is 5.48 Å². The number of rotatable bonds is 2. The van der Waals surface area contributed by atoms with Crippen LogP contribution in [-0.2, 0) is 0 Å². The summed E-state index contributed by atoms with van der Waals surface area (Å²) in [6, 6.07) is 4.01. The van der Waals surface area contributed by atoms with E-state index in [9.17, 15) is 4.79 Å². The van der Waals surface area contributed by atoms with Crippen LogP contribution < -0.4 is 10.2 Å². The third-order valence-electron chi connectivity index (χ3n) is 1.53. The van der Waals surface area contributed by atoms with Crippen molar-refractivity contribution >= 4 is 5.91 Å².